The van der Waals surface area contributed by atoms with Crippen LogP contribution in [0.1, 0.15) is 25.5 Å². The van der Waals surface area contributed by atoms with Crippen molar-refractivity contribution < 1.29 is 14.2 Å². The molecule has 0 atom stereocenters. The first kappa shape index (κ1) is 13.5. The molecule has 0 bridgehead atoms. The van der Waals surface area contributed by atoms with Crippen LogP contribution in [0.4, 0.5) is 0 Å². The lowest BCUT2D eigenvalue weighted by Crippen LogP contribution is -2.11. The minimum absolute atomic E-state index is 0.158. The van der Waals surface area contributed by atoms with E-state index < -0.39 is 0 Å². The molecule has 0 amide bonds. The van der Waals surface area contributed by atoms with Crippen molar-refractivity contribution in [3.8, 4) is 28.6 Å². The summed E-state index contributed by atoms with van der Waals surface area (Å²) < 4.78 is 16.0. The van der Waals surface area contributed by atoms with Gasteiger partial charge in [0.05, 0.1) is 12.8 Å². The summed E-state index contributed by atoms with van der Waals surface area (Å²) >= 11 is 0. The Morgan fingerprint density at radius 2 is 2.10 bits per heavy atom. The fourth-order valence-corrected chi connectivity index (χ4v) is 2.18. The van der Waals surface area contributed by atoms with Gasteiger partial charge in [-0.15, -0.1) is 0 Å². The maximum absolute atomic E-state index is 11.8. The quantitative estimate of drug-likeness (QED) is 0.938. The van der Waals surface area contributed by atoms with Gasteiger partial charge in [-0.1, -0.05) is 13.8 Å². The van der Waals surface area contributed by atoms with E-state index >= 15 is 0 Å². The topological polar surface area (TPSA) is 73.4 Å². The zero-order chi connectivity index (χ0) is 15.0. The number of hydrogen-bond donors (Lipinski definition) is 1. The summed E-state index contributed by atoms with van der Waals surface area (Å²) in [7, 11) is 1.56. The Morgan fingerprint density at radius 3 is 2.81 bits per heavy atom. The molecule has 0 aliphatic carbocycles. The molecule has 1 aromatic carbocycles. The van der Waals surface area contributed by atoms with Crippen LogP contribution >= 0.6 is 0 Å². The Hall–Kier alpha value is -2.50. The largest absolute Gasteiger partial charge is 0.493 e. The van der Waals surface area contributed by atoms with Crippen LogP contribution in [0.15, 0.2) is 23.0 Å². The summed E-state index contributed by atoms with van der Waals surface area (Å²) in [4.78, 5) is 19.0. The number of methoxy groups -OCH3 is 1. The molecule has 0 unspecified atom stereocenters. The number of nitrogens with zero attached hydrogens (tertiary/aromatic N) is 1. The third-order valence-corrected chi connectivity index (χ3v) is 3.28. The standard InChI is InChI=1S/C15H16N2O4/c1-8(2)10-6-13(18)17-15(16-10)9-4-11(19-3)14-12(5-9)20-7-21-14/h4-6,8H,7H2,1-3H3,(H,16,17,18). The minimum atomic E-state index is -0.180. The Kier molecular flexibility index (Phi) is 3.29. The lowest BCUT2D eigenvalue weighted by atomic mass is 10.1. The summed E-state index contributed by atoms with van der Waals surface area (Å²) in [5, 5.41) is 0. The van der Waals surface area contributed by atoms with Crippen LogP contribution in [-0.2, 0) is 0 Å². The van der Waals surface area contributed by atoms with Crippen LogP contribution in [0.5, 0.6) is 17.2 Å². The fraction of sp³-hybridized carbons (Fsp3) is 0.333. The Labute approximate surface area is 121 Å². The summed E-state index contributed by atoms with van der Waals surface area (Å²) in [6.07, 6.45) is 0. The fourth-order valence-electron chi connectivity index (χ4n) is 2.18. The summed E-state index contributed by atoms with van der Waals surface area (Å²) in [6.45, 7) is 4.14. The van der Waals surface area contributed by atoms with E-state index in [1.807, 2.05) is 13.8 Å². The molecule has 6 heteroatoms. The van der Waals surface area contributed by atoms with Gasteiger partial charge in [0, 0.05) is 11.6 Å². The maximum atomic E-state index is 11.8. The Balaban J connectivity index is 2.15. The van der Waals surface area contributed by atoms with E-state index in [0.29, 0.717) is 23.1 Å². The SMILES string of the molecule is COc1cc(-c2nc(C(C)C)cc(=O)[nH]2)cc2c1OCO2. The molecule has 1 aromatic heterocycles. The molecule has 0 fully saturated rings. The minimum Gasteiger partial charge on any atom is -0.493 e. The van der Waals surface area contributed by atoms with E-state index in [2.05, 4.69) is 9.97 Å². The third-order valence-electron chi connectivity index (χ3n) is 3.28. The molecule has 1 aliphatic heterocycles. The molecule has 3 rings (SSSR count). The monoisotopic (exact) mass is 288 g/mol. The van der Waals surface area contributed by atoms with Gasteiger partial charge in [-0.3, -0.25) is 4.79 Å². The third kappa shape index (κ3) is 2.44. The first-order valence-electron chi connectivity index (χ1n) is 6.67. The number of aromatic amines is 1. The molecule has 0 radical (unpaired) electrons. The number of rotatable bonds is 3. The molecule has 21 heavy (non-hydrogen) atoms. The second-order valence-corrected chi connectivity index (χ2v) is 5.09. The predicted octanol–water partition coefficient (Wildman–Crippen LogP) is 2.30. The maximum Gasteiger partial charge on any atom is 0.251 e. The van der Waals surface area contributed by atoms with E-state index in [1.165, 1.54) is 6.07 Å². The molecular weight excluding hydrogens is 272 g/mol. The molecule has 2 heterocycles. The number of H-pyrrole nitrogens is 1. The molecule has 110 valence electrons. The van der Waals surface area contributed by atoms with E-state index in [9.17, 15) is 4.79 Å². The first-order valence-corrected chi connectivity index (χ1v) is 6.67. The van der Waals surface area contributed by atoms with Crippen LogP contribution in [-0.4, -0.2) is 23.9 Å². The molecule has 6 nitrogen and oxygen atoms in total. The van der Waals surface area contributed by atoms with Gasteiger partial charge in [-0.05, 0) is 18.1 Å². The second kappa shape index (κ2) is 5.12. The second-order valence-electron chi connectivity index (χ2n) is 5.09. The van der Waals surface area contributed by atoms with Crippen molar-refractivity contribution in [2.24, 2.45) is 0 Å². The van der Waals surface area contributed by atoms with Gasteiger partial charge < -0.3 is 19.2 Å². The highest BCUT2D eigenvalue weighted by atomic mass is 16.7. The first-order chi connectivity index (χ1) is 10.1. The van der Waals surface area contributed by atoms with Crippen molar-refractivity contribution in [1.29, 1.82) is 0 Å². The summed E-state index contributed by atoms with van der Waals surface area (Å²) in [5.74, 6) is 2.37. The number of benzene rings is 1. The average molecular weight is 288 g/mol. The number of nitrogens with one attached hydrogen (secondary N) is 1. The van der Waals surface area contributed by atoms with Crippen LogP contribution < -0.4 is 19.8 Å². The number of hydrogen-bond acceptors (Lipinski definition) is 5. The average Bonchev–Trinajstić information content (AvgIpc) is 2.93. The molecule has 0 saturated heterocycles. The Morgan fingerprint density at radius 1 is 1.29 bits per heavy atom. The molecule has 0 saturated carbocycles. The summed E-state index contributed by atoms with van der Waals surface area (Å²) in [5.41, 5.74) is 1.28. The van der Waals surface area contributed by atoms with Crippen molar-refractivity contribution in [1.82, 2.24) is 9.97 Å². The van der Waals surface area contributed by atoms with Gasteiger partial charge in [0.25, 0.3) is 5.56 Å². The van der Waals surface area contributed by atoms with Crippen LogP contribution in [0.3, 0.4) is 0 Å². The van der Waals surface area contributed by atoms with Gasteiger partial charge in [0.1, 0.15) is 5.82 Å². The van der Waals surface area contributed by atoms with E-state index in [4.69, 9.17) is 14.2 Å². The van der Waals surface area contributed by atoms with Gasteiger partial charge >= 0.3 is 0 Å². The van der Waals surface area contributed by atoms with Crippen LogP contribution in [0.2, 0.25) is 0 Å². The normalized spacial score (nSPS) is 12.8. The Bertz CT molecular complexity index is 737. The van der Waals surface area contributed by atoms with Crippen molar-refractivity contribution in [3.63, 3.8) is 0 Å². The highest BCUT2D eigenvalue weighted by molar-refractivity contribution is 5.67. The number of ether oxygens (including phenoxy) is 3. The highest BCUT2D eigenvalue weighted by Crippen LogP contribution is 2.43. The molecule has 0 spiro atoms. The van der Waals surface area contributed by atoms with Crippen LogP contribution in [0.25, 0.3) is 11.4 Å². The molecule has 1 aliphatic rings. The van der Waals surface area contributed by atoms with E-state index in [-0.39, 0.29) is 18.3 Å². The van der Waals surface area contributed by atoms with E-state index in [0.717, 1.165) is 11.3 Å². The molecular formula is C15H16N2O4. The molecule has 1 N–H and O–H groups in total. The molecule has 2 aromatic rings. The van der Waals surface area contributed by atoms with Gasteiger partial charge in [0.2, 0.25) is 12.5 Å². The smallest absolute Gasteiger partial charge is 0.251 e. The van der Waals surface area contributed by atoms with E-state index in [1.54, 1.807) is 19.2 Å². The van der Waals surface area contributed by atoms with Gasteiger partial charge in [-0.25, -0.2) is 4.98 Å². The van der Waals surface area contributed by atoms with Gasteiger partial charge in [0.15, 0.2) is 11.5 Å². The van der Waals surface area contributed by atoms with Gasteiger partial charge in [-0.2, -0.15) is 0 Å². The predicted molar refractivity (Wildman–Crippen MR) is 77.1 cm³/mol. The van der Waals surface area contributed by atoms with Crippen molar-refractivity contribution in [3.05, 3.63) is 34.2 Å². The van der Waals surface area contributed by atoms with Crippen molar-refractivity contribution >= 4 is 0 Å². The zero-order valence-electron chi connectivity index (χ0n) is 12.1. The lowest BCUT2D eigenvalue weighted by Gasteiger charge is -2.10. The number of fused-ring (bicyclic) bond motifs is 1. The van der Waals surface area contributed by atoms with Crippen LogP contribution in [0, 0.1) is 0 Å². The van der Waals surface area contributed by atoms with Crippen molar-refractivity contribution in [2.45, 2.75) is 19.8 Å². The highest BCUT2D eigenvalue weighted by Gasteiger charge is 2.21. The number of aromatic nitrogens is 2. The summed E-state index contributed by atoms with van der Waals surface area (Å²) in [6, 6.07) is 5.07. The lowest BCUT2D eigenvalue weighted by molar-refractivity contribution is 0.171. The zero-order valence-corrected chi connectivity index (χ0v) is 12.1. The van der Waals surface area contributed by atoms with Crippen molar-refractivity contribution in [2.75, 3.05) is 13.9 Å².